The number of rotatable bonds is 3. The average Bonchev–Trinajstić information content (AvgIpc) is 3.26. The lowest BCUT2D eigenvalue weighted by atomic mass is 10.2. The molecule has 3 aromatic heterocycles. The highest BCUT2D eigenvalue weighted by molar-refractivity contribution is 6.03. The third-order valence-corrected chi connectivity index (χ3v) is 3.18. The molecule has 0 bridgehead atoms. The highest BCUT2D eigenvalue weighted by Crippen LogP contribution is 2.21. The Morgan fingerprint density at radius 1 is 1.17 bits per heavy atom. The van der Waals surface area contributed by atoms with Crippen molar-refractivity contribution in [2.45, 2.75) is 0 Å². The predicted molar refractivity (Wildman–Crippen MR) is 79.0 cm³/mol. The lowest BCUT2D eigenvalue weighted by molar-refractivity contribution is 0.101. The number of carbonyl (C=O) groups excluding carboxylic acids is 1. The molecular formula is C15H9N3O5. The molecule has 3 heterocycles. The molecule has 23 heavy (non-hydrogen) atoms. The Morgan fingerprint density at radius 3 is 2.91 bits per heavy atom. The van der Waals surface area contributed by atoms with Gasteiger partial charge in [-0.2, -0.15) is 0 Å². The number of hydrogen-bond donors (Lipinski definition) is 2. The van der Waals surface area contributed by atoms with E-state index in [4.69, 9.17) is 13.4 Å². The Labute approximate surface area is 127 Å². The molecule has 4 rings (SSSR count). The van der Waals surface area contributed by atoms with Crippen LogP contribution in [-0.4, -0.2) is 16.0 Å². The van der Waals surface area contributed by atoms with Gasteiger partial charge >= 0.3 is 5.76 Å². The summed E-state index contributed by atoms with van der Waals surface area (Å²) in [4.78, 5) is 25.8. The number of hydrogen-bond acceptors (Lipinski definition) is 6. The number of H-pyrrole nitrogens is 1. The summed E-state index contributed by atoms with van der Waals surface area (Å²) >= 11 is 0. The number of fused-ring (bicyclic) bond motifs is 1. The normalized spacial score (nSPS) is 11.0. The van der Waals surface area contributed by atoms with Crippen molar-refractivity contribution in [3.05, 3.63) is 58.9 Å². The van der Waals surface area contributed by atoms with E-state index < -0.39 is 11.7 Å². The molecule has 0 aliphatic carbocycles. The van der Waals surface area contributed by atoms with Gasteiger partial charge in [-0.3, -0.25) is 9.78 Å². The maximum absolute atomic E-state index is 12.2. The van der Waals surface area contributed by atoms with Crippen molar-refractivity contribution in [1.82, 2.24) is 10.1 Å². The molecule has 0 radical (unpaired) electrons. The summed E-state index contributed by atoms with van der Waals surface area (Å²) in [5.74, 6) is -0.163. The zero-order chi connectivity index (χ0) is 15.8. The van der Waals surface area contributed by atoms with Gasteiger partial charge in [0.1, 0.15) is 0 Å². The summed E-state index contributed by atoms with van der Waals surface area (Å²) in [6.07, 6.45) is 1.50. The van der Waals surface area contributed by atoms with Gasteiger partial charge < -0.3 is 18.7 Å². The number of carbonyl (C=O) groups is 1. The SMILES string of the molecule is O=C(Nc1ccc2oc(=O)[nH]c2c1)c1cc(-c2ccco2)on1. The number of furan rings is 1. The van der Waals surface area contributed by atoms with Crippen molar-refractivity contribution in [3.63, 3.8) is 0 Å². The molecular weight excluding hydrogens is 302 g/mol. The number of oxazole rings is 1. The van der Waals surface area contributed by atoms with E-state index >= 15 is 0 Å². The number of nitrogens with zero attached hydrogens (tertiary/aromatic N) is 1. The van der Waals surface area contributed by atoms with Crippen molar-refractivity contribution in [3.8, 4) is 11.5 Å². The Kier molecular flexibility index (Phi) is 2.87. The lowest BCUT2D eigenvalue weighted by Gasteiger charge is -2.01. The molecule has 1 aromatic carbocycles. The lowest BCUT2D eigenvalue weighted by Crippen LogP contribution is -2.12. The van der Waals surface area contributed by atoms with Crippen LogP contribution in [0.15, 0.2) is 60.8 Å². The van der Waals surface area contributed by atoms with Crippen LogP contribution in [0.2, 0.25) is 0 Å². The second-order valence-electron chi connectivity index (χ2n) is 4.73. The number of aromatic amines is 1. The number of anilines is 1. The van der Waals surface area contributed by atoms with Gasteiger partial charge in [-0.15, -0.1) is 0 Å². The molecule has 0 aliphatic heterocycles. The molecule has 0 atom stereocenters. The Hall–Kier alpha value is -3.55. The first-order valence-electron chi connectivity index (χ1n) is 6.64. The van der Waals surface area contributed by atoms with Gasteiger partial charge in [0.15, 0.2) is 17.0 Å². The molecule has 0 spiro atoms. The smallest absolute Gasteiger partial charge is 0.417 e. The Balaban J connectivity index is 1.57. The van der Waals surface area contributed by atoms with Crippen LogP contribution in [0.4, 0.5) is 5.69 Å². The standard InChI is InChI=1S/C15H9N3O5/c19-14(10-7-13(23-18-10)12-2-1-5-21-12)16-8-3-4-11-9(6-8)17-15(20)22-11/h1-7H,(H,16,19)(H,17,20). The van der Waals surface area contributed by atoms with E-state index in [-0.39, 0.29) is 5.69 Å². The Morgan fingerprint density at radius 2 is 2.09 bits per heavy atom. The van der Waals surface area contributed by atoms with Gasteiger partial charge in [-0.1, -0.05) is 5.16 Å². The van der Waals surface area contributed by atoms with Gasteiger partial charge in [0, 0.05) is 11.8 Å². The third-order valence-electron chi connectivity index (χ3n) is 3.18. The molecule has 8 nitrogen and oxygen atoms in total. The molecule has 4 aromatic rings. The topological polar surface area (TPSA) is 114 Å². The minimum atomic E-state index is -0.553. The maximum Gasteiger partial charge on any atom is 0.417 e. The van der Waals surface area contributed by atoms with Gasteiger partial charge in [-0.25, -0.2) is 4.79 Å². The first kappa shape index (κ1) is 13.1. The van der Waals surface area contributed by atoms with Crippen LogP contribution in [0.3, 0.4) is 0 Å². The van der Waals surface area contributed by atoms with E-state index in [1.165, 1.54) is 12.3 Å². The number of benzene rings is 1. The zero-order valence-electron chi connectivity index (χ0n) is 11.5. The third kappa shape index (κ3) is 2.42. The van der Waals surface area contributed by atoms with Gasteiger partial charge in [0.25, 0.3) is 5.91 Å². The molecule has 0 saturated heterocycles. The van der Waals surface area contributed by atoms with Crippen molar-refractivity contribution >= 4 is 22.7 Å². The maximum atomic E-state index is 12.2. The fourth-order valence-corrected chi connectivity index (χ4v) is 2.14. The van der Waals surface area contributed by atoms with E-state index in [2.05, 4.69) is 15.5 Å². The van der Waals surface area contributed by atoms with E-state index in [1.54, 1.807) is 30.3 Å². The minimum Gasteiger partial charge on any atom is -0.461 e. The van der Waals surface area contributed by atoms with Crippen LogP contribution in [0, 0.1) is 0 Å². The van der Waals surface area contributed by atoms with Crippen LogP contribution in [0.25, 0.3) is 22.6 Å². The molecule has 0 fully saturated rings. The average molecular weight is 311 g/mol. The zero-order valence-corrected chi connectivity index (χ0v) is 11.5. The molecule has 114 valence electrons. The molecule has 2 N–H and O–H groups in total. The molecule has 0 unspecified atom stereocenters. The van der Waals surface area contributed by atoms with Crippen molar-refractivity contribution in [2.24, 2.45) is 0 Å². The monoisotopic (exact) mass is 311 g/mol. The second kappa shape index (κ2) is 5.02. The molecule has 0 aliphatic rings. The summed E-state index contributed by atoms with van der Waals surface area (Å²) in [5.41, 5.74) is 1.50. The molecule has 1 amide bonds. The molecule has 8 heteroatoms. The van der Waals surface area contributed by atoms with E-state index in [1.807, 2.05) is 0 Å². The summed E-state index contributed by atoms with van der Waals surface area (Å²) in [6, 6.07) is 9.67. The van der Waals surface area contributed by atoms with Crippen LogP contribution in [0.1, 0.15) is 10.5 Å². The summed E-state index contributed by atoms with van der Waals surface area (Å²) in [7, 11) is 0. The van der Waals surface area contributed by atoms with E-state index in [9.17, 15) is 9.59 Å². The van der Waals surface area contributed by atoms with E-state index in [0.717, 1.165) is 0 Å². The van der Waals surface area contributed by atoms with Gasteiger partial charge in [-0.05, 0) is 30.3 Å². The minimum absolute atomic E-state index is 0.109. The van der Waals surface area contributed by atoms with Crippen molar-refractivity contribution in [2.75, 3.05) is 5.32 Å². The van der Waals surface area contributed by atoms with Gasteiger partial charge in [0.2, 0.25) is 5.76 Å². The number of amides is 1. The van der Waals surface area contributed by atoms with Gasteiger partial charge in [0.05, 0.1) is 11.8 Å². The largest absolute Gasteiger partial charge is 0.461 e. The first-order chi connectivity index (χ1) is 11.2. The quantitative estimate of drug-likeness (QED) is 0.601. The predicted octanol–water partition coefficient (Wildman–Crippen LogP) is 2.62. The highest BCUT2D eigenvalue weighted by atomic mass is 16.5. The summed E-state index contributed by atoms with van der Waals surface area (Å²) in [5, 5.41) is 6.37. The second-order valence-corrected chi connectivity index (χ2v) is 4.73. The van der Waals surface area contributed by atoms with Crippen molar-refractivity contribution in [1.29, 1.82) is 0 Å². The number of nitrogens with one attached hydrogen (secondary N) is 2. The van der Waals surface area contributed by atoms with E-state index in [0.29, 0.717) is 28.3 Å². The van der Waals surface area contributed by atoms with Crippen LogP contribution >= 0.6 is 0 Å². The summed E-state index contributed by atoms with van der Waals surface area (Å²) < 4.78 is 15.1. The summed E-state index contributed by atoms with van der Waals surface area (Å²) in [6.45, 7) is 0. The van der Waals surface area contributed by atoms with Crippen molar-refractivity contribution < 1.29 is 18.2 Å². The highest BCUT2D eigenvalue weighted by Gasteiger charge is 2.15. The Bertz CT molecular complexity index is 1040. The number of aromatic nitrogens is 2. The fourth-order valence-electron chi connectivity index (χ4n) is 2.14. The van der Waals surface area contributed by atoms with Crippen LogP contribution < -0.4 is 11.1 Å². The van der Waals surface area contributed by atoms with Crippen LogP contribution in [0.5, 0.6) is 0 Å². The van der Waals surface area contributed by atoms with Crippen LogP contribution in [-0.2, 0) is 0 Å². The molecule has 0 saturated carbocycles. The first-order valence-corrected chi connectivity index (χ1v) is 6.64. The fraction of sp³-hybridized carbons (Fsp3) is 0.